The molecule has 2 N–H and O–H groups in total. The lowest BCUT2D eigenvalue weighted by molar-refractivity contribution is -0.895. The van der Waals surface area contributed by atoms with Crippen LogP contribution in [0, 0.1) is 0 Å². The first kappa shape index (κ1) is 20.0. The number of sulfonamides is 1. The van der Waals surface area contributed by atoms with Crippen LogP contribution in [0.2, 0.25) is 0 Å². The van der Waals surface area contributed by atoms with E-state index in [0.29, 0.717) is 43.5 Å². The Morgan fingerprint density at radius 1 is 1.11 bits per heavy atom. The Kier molecular flexibility index (Phi) is 7.01. The predicted molar refractivity (Wildman–Crippen MR) is 106 cm³/mol. The van der Waals surface area contributed by atoms with E-state index in [-0.39, 0.29) is 5.91 Å². The molecule has 2 heterocycles. The first-order chi connectivity index (χ1) is 13.1. The molecule has 0 radical (unpaired) electrons. The molecule has 1 aliphatic rings. The molecule has 1 aliphatic heterocycles. The minimum absolute atomic E-state index is 0.0348. The number of amides is 1. The lowest BCUT2D eigenvalue weighted by Crippen LogP contribution is -3.15. The summed E-state index contributed by atoms with van der Waals surface area (Å²) in [6.45, 7) is 3.29. The van der Waals surface area contributed by atoms with Crippen molar-refractivity contribution in [3.05, 3.63) is 53.4 Å². The Morgan fingerprint density at radius 2 is 1.85 bits per heavy atom. The third-order valence-electron chi connectivity index (χ3n) is 4.74. The van der Waals surface area contributed by atoms with E-state index in [1.54, 1.807) is 17.5 Å². The summed E-state index contributed by atoms with van der Waals surface area (Å²) in [5, 5.41) is 4.75. The SMILES string of the molecule is O=C(C[NH+]1CCN(S(=O)(=O)c2cccs2)CC1)NCCCc1ccccc1. The zero-order chi connectivity index (χ0) is 19.1. The fourth-order valence-electron chi connectivity index (χ4n) is 3.21. The standard InChI is InChI=1S/C19H25N3O3S2/c23-18(20-10-4-8-17-6-2-1-3-7-17)16-21-11-13-22(14-12-21)27(24,25)19-9-5-15-26-19/h1-3,5-7,9,15H,4,8,10-14,16H2,(H,20,23)/p+1. The van der Waals surface area contributed by atoms with Gasteiger partial charge in [0.1, 0.15) is 4.21 Å². The maximum Gasteiger partial charge on any atom is 0.275 e. The van der Waals surface area contributed by atoms with Gasteiger partial charge in [-0.2, -0.15) is 4.31 Å². The van der Waals surface area contributed by atoms with Gasteiger partial charge in [-0.1, -0.05) is 36.4 Å². The topological polar surface area (TPSA) is 70.9 Å². The fourth-order valence-corrected chi connectivity index (χ4v) is 5.80. The number of hydrogen-bond donors (Lipinski definition) is 2. The maximum atomic E-state index is 12.5. The maximum absolute atomic E-state index is 12.5. The van der Waals surface area contributed by atoms with Crippen LogP contribution in [0.4, 0.5) is 0 Å². The summed E-state index contributed by atoms with van der Waals surface area (Å²) < 4.78 is 27.0. The van der Waals surface area contributed by atoms with Gasteiger partial charge in [0.2, 0.25) is 0 Å². The Labute approximate surface area is 164 Å². The van der Waals surface area contributed by atoms with Crippen LogP contribution >= 0.6 is 11.3 Å². The first-order valence-electron chi connectivity index (χ1n) is 9.23. The van der Waals surface area contributed by atoms with Gasteiger partial charge in [0.25, 0.3) is 15.9 Å². The van der Waals surface area contributed by atoms with Crippen molar-refractivity contribution < 1.29 is 18.1 Å². The van der Waals surface area contributed by atoms with Crippen LogP contribution in [-0.4, -0.2) is 57.9 Å². The second-order valence-corrected chi connectivity index (χ2v) is 9.81. The van der Waals surface area contributed by atoms with Crippen molar-refractivity contribution in [1.82, 2.24) is 9.62 Å². The van der Waals surface area contributed by atoms with Crippen LogP contribution in [0.15, 0.2) is 52.1 Å². The smallest absolute Gasteiger partial charge is 0.275 e. The number of quaternary nitrogens is 1. The second kappa shape index (κ2) is 9.45. The normalized spacial score (nSPS) is 16.3. The van der Waals surface area contributed by atoms with E-state index in [1.165, 1.54) is 21.2 Å². The number of nitrogens with zero attached hydrogens (tertiary/aromatic N) is 1. The van der Waals surface area contributed by atoms with Crippen LogP contribution in [-0.2, 0) is 21.2 Å². The van der Waals surface area contributed by atoms with Crippen LogP contribution < -0.4 is 10.2 Å². The summed E-state index contributed by atoms with van der Waals surface area (Å²) in [6.07, 6.45) is 1.87. The third kappa shape index (κ3) is 5.62. The molecular weight excluding hydrogens is 382 g/mol. The van der Waals surface area contributed by atoms with Gasteiger partial charge in [-0.05, 0) is 29.9 Å². The molecule has 1 aromatic carbocycles. The number of piperazine rings is 1. The van der Waals surface area contributed by atoms with Gasteiger partial charge >= 0.3 is 0 Å². The van der Waals surface area contributed by atoms with Crippen LogP contribution in [0.3, 0.4) is 0 Å². The molecule has 6 nitrogen and oxygen atoms in total. The number of aryl methyl sites for hydroxylation is 1. The number of carbonyl (C=O) groups excluding carboxylic acids is 1. The molecule has 146 valence electrons. The molecule has 1 amide bonds. The zero-order valence-electron chi connectivity index (χ0n) is 15.3. The number of carbonyl (C=O) groups is 1. The minimum Gasteiger partial charge on any atom is -0.351 e. The molecule has 0 spiro atoms. The molecule has 3 rings (SSSR count). The highest BCUT2D eigenvalue weighted by Gasteiger charge is 2.31. The summed E-state index contributed by atoms with van der Waals surface area (Å²) in [5.74, 6) is 0.0348. The van der Waals surface area contributed by atoms with Crippen molar-refractivity contribution in [3.63, 3.8) is 0 Å². The van der Waals surface area contributed by atoms with E-state index in [4.69, 9.17) is 0 Å². The van der Waals surface area contributed by atoms with Gasteiger partial charge in [-0.3, -0.25) is 4.79 Å². The molecule has 0 aliphatic carbocycles. The van der Waals surface area contributed by atoms with E-state index in [0.717, 1.165) is 17.7 Å². The minimum atomic E-state index is -3.38. The monoisotopic (exact) mass is 408 g/mol. The van der Waals surface area contributed by atoms with E-state index in [1.807, 2.05) is 18.2 Å². The van der Waals surface area contributed by atoms with Gasteiger partial charge < -0.3 is 10.2 Å². The fraction of sp³-hybridized carbons (Fsp3) is 0.421. The van der Waals surface area contributed by atoms with Crippen molar-refractivity contribution in [1.29, 1.82) is 0 Å². The second-order valence-electron chi connectivity index (χ2n) is 6.70. The summed E-state index contributed by atoms with van der Waals surface area (Å²) >= 11 is 1.24. The molecule has 1 saturated heterocycles. The molecule has 27 heavy (non-hydrogen) atoms. The molecule has 0 unspecified atom stereocenters. The van der Waals surface area contributed by atoms with E-state index in [9.17, 15) is 13.2 Å². The molecule has 1 fully saturated rings. The quantitative estimate of drug-likeness (QED) is 0.621. The number of hydrogen-bond acceptors (Lipinski definition) is 4. The molecule has 1 aromatic heterocycles. The van der Waals surface area contributed by atoms with Crippen molar-refractivity contribution in [3.8, 4) is 0 Å². The van der Waals surface area contributed by atoms with E-state index >= 15 is 0 Å². The first-order valence-corrected chi connectivity index (χ1v) is 11.6. The van der Waals surface area contributed by atoms with Gasteiger partial charge in [-0.15, -0.1) is 11.3 Å². The average molecular weight is 409 g/mol. The molecule has 0 saturated carbocycles. The highest BCUT2D eigenvalue weighted by Crippen LogP contribution is 2.20. The number of rotatable bonds is 8. The van der Waals surface area contributed by atoms with Crippen molar-refractivity contribution in [2.45, 2.75) is 17.1 Å². The average Bonchev–Trinajstić information content (AvgIpc) is 3.22. The summed E-state index contributed by atoms with van der Waals surface area (Å²) in [7, 11) is -3.38. The highest BCUT2D eigenvalue weighted by molar-refractivity contribution is 7.91. The van der Waals surface area contributed by atoms with Gasteiger partial charge in [0.05, 0.1) is 26.2 Å². The van der Waals surface area contributed by atoms with Crippen molar-refractivity contribution in [2.75, 3.05) is 39.3 Å². The summed E-state index contributed by atoms with van der Waals surface area (Å²) in [5.41, 5.74) is 1.28. The number of benzene rings is 1. The summed E-state index contributed by atoms with van der Waals surface area (Å²) in [6, 6.07) is 13.6. The highest BCUT2D eigenvalue weighted by atomic mass is 32.2. The lowest BCUT2D eigenvalue weighted by atomic mass is 10.1. The Balaban J connectivity index is 1.36. The molecule has 2 aromatic rings. The Morgan fingerprint density at radius 3 is 2.52 bits per heavy atom. The van der Waals surface area contributed by atoms with Gasteiger partial charge in [-0.25, -0.2) is 8.42 Å². The van der Waals surface area contributed by atoms with E-state index in [2.05, 4.69) is 17.4 Å². The van der Waals surface area contributed by atoms with Crippen LogP contribution in [0.25, 0.3) is 0 Å². The number of nitrogens with one attached hydrogen (secondary N) is 2. The van der Waals surface area contributed by atoms with Crippen molar-refractivity contribution in [2.24, 2.45) is 0 Å². The van der Waals surface area contributed by atoms with Gasteiger partial charge in [0, 0.05) is 6.54 Å². The molecule has 8 heteroatoms. The largest absolute Gasteiger partial charge is 0.351 e. The van der Waals surface area contributed by atoms with Gasteiger partial charge in [0.15, 0.2) is 6.54 Å². The van der Waals surface area contributed by atoms with Crippen LogP contribution in [0.1, 0.15) is 12.0 Å². The number of thiophene rings is 1. The zero-order valence-corrected chi connectivity index (χ0v) is 16.9. The van der Waals surface area contributed by atoms with Crippen LogP contribution in [0.5, 0.6) is 0 Å². The molecule has 0 atom stereocenters. The lowest BCUT2D eigenvalue weighted by Gasteiger charge is -2.30. The third-order valence-corrected chi connectivity index (χ3v) is 8.01. The van der Waals surface area contributed by atoms with E-state index < -0.39 is 10.0 Å². The summed E-state index contributed by atoms with van der Waals surface area (Å²) in [4.78, 5) is 13.3. The molecular formula is C19H26N3O3S2+. The Hall–Kier alpha value is -1.74. The Bertz CT molecular complexity index is 815. The van der Waals surface area contributed by atoms with Crippen molar-refractivity contribution >= 4 is 27.3 Å². The molecule has 0 bridgehead atoms. The predicted octanol–water partition coefficient (Wildman–Crippen LogP) is 0.386.